The Morgan fingerprint density at radius 1 is 1.50 bits per heavy atom. The van der Waals surface area contributed by atoms with Gasteiger partial charge in [0.25, 0.3) is 0 Å². The fraction of sp³-hybridized carbons (Fsp3) is 0.769. The minimum Gasteiger partial charge on any atom is -0.481 e. The monoisotopic (exact) mass is 283 g/mol. The number of carboxylic acids is 1. The van der Waals surface area contributed by atoms with Gasteiger partial charge in [-0.3, -0.25) is 9.69 Å². The number of carboxylic acid groups (broad SMARTS) is 1. The molecule has 2 atom stereocenters. The Balaban J connectivity index is 2.06. The average molecular weight is 283 g/mol. The number of hydrogen-bond donors (Lipinski definition) is 1. The maximum absolute atomic E-state index is 11.2. The van der Waals surface area contributed by atoms with E-state index < -0.39 is 11.9 Å². The van der Waals surface area contributed by atoms with Crippen LogP contribution in [0.1, 0.15) is 38.4 Å². The van der Waals surface area contributed by atoms with E-state index in [4.69, 9.17) is 9.26 Å². The molecule has 2 unspecified atom stereocenters. The molecular weight excluding hydrogens is 262 g/mol. The van der Waals surface area contributed by atoms with E-state index in [2.05, 4.69) is 10.1 Å². The normalized spacial score (nSPS) is 22.9. The summed E-state index contributed by atoms with van der Waals surface area (Å²) in [7, 11) is 0. The molecule has 0 aliphatic carbocycles. The molecule has 0 radical (unpaired) electrons. The van der Waals surface area contributed by atoms with Gasteiger partial charge in [-0.25, -0.2) is 0 Å². The Morgan fingerprint density at radius 2 is 2.25 bits per heavy atom. The highest BCUT2D eigenvalue weighted by Crippen LogP contribution is 2.22. The third kappa shape index (κ3) is 3.16. The van der Waals surface area contributed by atoms with E-state index in [-0.39, 0.29) is 18.6 Å². The lowest BCUT2D eigenvalue weighted by Crippen LogP contribution is -2.42. The summed E-state index contributed by atoms with van der Waals surface area (Å²) in [4.78, 5) is 17.6. The van der Waals surface area contributed by atoms with Crippen LogP contribution < -0.4 is 0 Å². The number of aromatic nitrogens is 2. The summed E-state index contributed by atoms with van der Waals surface area (Å²) >= 11 is 0. The fourth-order valence-electron chi connectivity index (χ4n) is 2.34. The van der Waals surface area contributed by atoms with Crippen molar-refractivity contribution in [3.05, 3.63) is 11.7 Å². The first kappa shape index (κ1) is 14.9. The Morgan fingerprint density at radius 3 is 2.80 bits per heavy atom. The maximum Gasteiger partial charge on any atom is 0.310 e. The van der Waals surface area contributed by atoms with Crippen molar-refractivity contribution in [2.75, 3.05) is 19.8 Å². The lowest BCUT2D eigenvalue weighted by molar-refractivity contribution is -0.143. The molecule has 7 heteroatoms. The van der Waals surface area contributed by atoms with Crippen LogP contribution in [0.25, 0.3) is 0 Å². The highest BCUT2D eigenvalue weighted by Gasteiger charge is 2.38. The summed E-state index contributed by atoms with van der Waals surface area (Å²) in [6.07, 6.45) is 0. The number of carbonyl (C=O) groups is 1. The van der Waals surface area contributed by atoms with Crippen LogP contribution >= 0.6 is 0 Å². The number of likely N-dealkylation sites (N-methyl/N-ethyl adjacent to an activating group) is 1. The average Bonchev–Trinajstić information content (AvgIpc) is 3.04. The Hall–Kier alpha value is -1.47. The summed E-state index contributed by atoms with van der Waals surface area (Å²) in [5, 5.41) is 13.1. The van der Waals surface area contributed by atoms with E-state index in [1.54, 1.807) is 0 Å². The molecule has 0 amide bonds. The lowest BCUT2D eigenvalue weighted by atomic mass is 10.0. The zero-order valence-corrected chi connectivity index (χ0v) is 12.1. The van der Waals surface area contributed by atoms with E-state index in [1.165, 1.54) is 0 Å². The van der Waals surface area contributed by atoms with Gasteiger partial charge < -0.3 is 14.4 Å². The predicted molar refractivity (Wildman–Crippen MR) is 70.2 cm³/mol. The molecule has 1 fully saturated rings. The van der Waals surface area contributed by atoms with Crippen LogP contribution in [0.3, 0.4) is 0 Å². The Bertz CT molecular complexity index is 460. The van der Waals surface area contributed by atoms with Crippen LogP contribution in [-0.4, -0.2) is 51.9 Å². The van der Waals surface area contributed by atoms with Crippen molar-refractivity contribution >= 4 is 5.97 Å². The van der Waals surface area contributed by atoms with E-state index in [1.807, 2.05) is 25.7 Å². The molecule has 1 N–H and O–H groups in total. The molecular formula is C13H21N3O4. The van der Waals surface area contributed by atoms with Gasteiger partial charge in [-0.05, 0) is 6.54 Å². The van der Waals surface area contributed by atoms with Crippen molar-refractivity contribution in [2.24, 2.45) is 5.92 Å². The van der Waals surface area contributed by atoms with E-state index in [0.29, 0.717) is 31.4 Å². The topological polar surface area (TPSA) is 88.7 Å². The number of aliphatic carboxylic acids is 1. The van der Waals surface area contributed by atoms with Gasteiger partial charge in [0.2, 0.25) is 5.89 Å². The maximum atomic E-state index is 11.2. The molecule has 1 aliphatic heterocycles. The smallest absolute Gasteiger partial charge is 0.310 e. The van der Waals surface area contributed by atoms with Gasteiger partial charge >= 0.3 is 5.97 Å². The van der Waals surface area contributed by atoms with Crippen LogP contribution in [0.2, 0.25) is 0 Å². The third-order valence-corrected chi connectivity index (χ3v) is 3.58. The number of nitrogens with zero attached hydrogens (tertiary/aromatic N) is 3. The third-order valence-electron chi connectivity index (χ3n) is 3.58. The standard InChI is InChI=1S/C13H21N3O4/c1-4-16(10-7-19-6-9(10)13(17)18)5-11-14-12(8(2)3)15-20-11/h8-10H,4-7H2,1-3H3,(H,17,18). The molecule has 0 saturated carbocycles. The van der Waals surface area contributed by atoms with E-state index in [9.17, 15) is 9.90 Å². The van der Waals surface area contributed by atoms with Crippen LogP contribution in [0.15, 0.2) is 4.52 Å². The van der Waals surface area contributed by atoms with Gasteiger partial charge in [0.05, 0.1) is 25.7 Å². The molecule has 2 heterocycles. The van der Waals surface area contributed by atoms with Crippen LogP contribution in [0.4, 0.5) is 0 Å². The van der Waals surface area contributed by atoms with Crippen LogP contribution in [0.5, 0.6) is 0 Å². The molecule has 1 aromatic rings. The minimum atomic E-state index is -0.820. The van der Waals surface area contributed by atoms with Gasteiger partial charge in [0.1, 0.15) is 0 Å². The number of rotatable bonds is 6. The second-order valence-electron chi connectivity index (χ2n) is 5.31. The molecule has 0 aromatic carbocycles. The van der Waals surface area contributed by atoms with E-state index >= 15 is 0 Å². The van der Waals surface area contributed by atoms with Crippen molar-refractivity contribution in [2.45, 2.75) is 39.3 Å². The van der Waals surface area contributed by atoms with Gasteiger partial charge in [-0.2, -0.15) is 4.98 Å². The van der Waals surface area contributed by atoms with Crippen molar-refractivity contribution in [3.63, 3.8) is 0 Å². The highest BCUT2D eigenvalue weighted by molar-refractivity contribution is 5.71. The van der Waals surface area contributed by atoms with Crippen molar-refractivity contribution in [3.8, 4) is 0 Å². The van der Waals surface area contributed by atoms with Gasteiger partial charge in [-0.15, -0.1) is 0 Å². The quantitative estimate of drug-likeness (QED) is 0.836. The first-order valence-corrected chi connectivity index (χ1v) is 6.90. The predicted octanol–water partition coefficient (Wildman–Crippen LogP) is 1.11. The molecule has 0 bridgehead atoms. The molecule has 1 aliphatic rings. The highest BCUT2D eigenvalue weighted by atomic mass is 16.5. The first-order valence-electron chi connectivity index (χ1n) is 6.90. The van der Waals surface area contributed by atoms with Crippen molar-refractivity contribution in [1.29, 1.82) is 0 Å². The van der Waals surface area contributed by atoms with E-state index in [0.717, 1.165) is 0 Å². The summed E-state index contributed by atoms with van der Waals surface area (Å²) in [5.41, 5.74) is 0. The number of ether oxygens (including phenoxy) is 1. The zero-order valence-electron chi connectivity index (χ0n) is 12.1. The molecule has 7 nitrogen and oxygen atoms in total. The van der Waals surface area contributed by atoms with Crippen molar-refractivity contribution < 1.29 is 19.2 Å². The summed E-state index contributed by atoms with van der Waals surface area (Å²) < 4.78 is 10.5. The zero-order chi connectivity index (χ0) is 14.7. The van der Waals surface area contributed by atoms with Gasteiger partial charge in [0.15, 0.2) is 5.82 Å². The minimum absolute atomic E-state index is 0.146. The SMILES string of the molecule is CCN(Cc1nc(C(C)C)no1)C1COCC1C(=O)O. The molecule has 0 spiro atoms. The van der Waals surface area contributed by atoms with Crippen LogP contribution in [-0.2, 0) is 16.1 Å². The second-order valence-corrected chi connectivity index (χ2v) is 5.31. The summed E-state index contributed by atoms with van der Waals surface area (Å²) in [6, 6.07) is -0.146. The molecule has 20 heavy (non-hydrogen) atoms. The molecule has 1 aromatic heterocycles. The number of hydrogen-bond acceptors (Lipinski definition) is 6. The second kappa shape index (κ2) is 6.32. The molecule has 2 rings (SSSR count). The van der Waals surface area contributed by atoms with Gasteiger partial charge in [0, 0.05) is 12.0 Å². The molecule has 112 valence electrons. The first-order chi connectivity index (χ1) is 9.52. The largest absolute Gasteiger partial charge is 0.481 e. The van der Waals surface area contributed by atoms with Gasteiger partial charge in [-0.1, -0.05) is 25.9 Å². The summed E-state index contributed by atoms with van der Waals surface area (Å²) in [5.74, 6) is 0.0889. The van der Waals surface area contributed by atoms with Crippen LogP contribution in [0, 0.1) is 5.92 Å². The van der Waals surface area contributed by atoms with Crippen molar-refractivity contribution in [1.82, 2.24) is 15.0 Å². The Kier molecular flexibility index (Phi) is 4.72. The Labute approximate surface area is 117 Å². The molecule has 1 saturated heterocycles. The fourth-order valence-corrected chi connectivity index (χ4v) is 2.34. The lowest BCUT2D eigenvalue weighted by Gasteiger charge is -2.27. The summed E-state index contributed by atoms with van der Waals surface area (Å²) in [6.45, 7) is 7.82.